The molecule has 1 N–H and O–H groups in total. The van der Waals surface area contributed by atoms with E-state index >= 15 is 0 Å². The Bertz CT molecular complexity index is 591. The third kappa shape index (κ3) is 5.26. The minimum Gasteiger partial charge on any atom is -0.381 e. The third-order valence-electron chi connectivity index (χ3n) is 5.08. The standard InChI is InChI=1S/C17H29N5O2S.HI/c1-18-16(19-13-17(25-3)4-7-23-8-5-17)22-6-9-24-15(12-22)14-10-20-21(2)11-14;/h10-11,15H,4-9,12-13H2,1-3H3,(H,18,19);1H. The summed E-state index contributed by atoms with van der Waals surface area (Å²) in [7, 11) is 3.78. The predicted molar refractivity (Wildman–Crippen MR) is 117 cm³/mol. The summed E-state index contributed by atoms with van der Waals surface area (Å²) in [6, 6.07) is 0. The highest BCUT2D eigenvalue weighted by Gasteiger charge is 2.33. The van der Waals surface area contributed by atoms with Crippen LogP contribution >= 0.6 is 35.7 Å². The van der Waals surface area contributed by atoms with Crippen LogP contribution in [-0.4, -0.2) is 78.1 Å². The Morgan fingerprint density at radius 2 is 2.19 bits per heavy atom. The number of morpholine rings is 1. The number of hydrogen-bond acceptors (Lipinski definition) is 5. The van der Waals surface area contributed by atoms with Gasteiger partial charge in [-0.05, 0) is 19.1 Å². The Kier molecular flexibility index (Phi) is 8.49. The molecule has 2 aliphatic heterocycles. The van der Waals surface area contributed by atoms with Crippen LogP contribution in [0, 0.1) is 0 Å². The fourth-order valence-electron chi connectivity index (χ4n) is 3.42. The van der Waals surface area contributed by atoms with E-state index in [9.17, 15) is 0 Å². The van der Waals surface area contributed by atoms with Gasteiger partial charge in [-0.3, -0.25) is 9.67 Å². The molecule has 1 unspecified atom stereocenters. The van der Waals surface area contributed by atoms with Crippen molar-refractivity contribution in [1.82, 2.24) is 20.0 Å². The molecule has 1 aromatic rings. The second-order valence-electron chi connectivity index (χ2n) is 6.65. The first kappa shape index (κ1) is 21.8. The molecule has 3 rings (SSSR count). The lowest BCUT2D eigenvalue weighted by Gasteiger charge is -2.39. The Morgan fingerprint density at radius 3 is 2.81 bits per heavy atom. The number of ether oxygens (including phenoxy) is 2. The SMILES string of the molecule is CN=C(NCC1(SC)CCOCC1)N1CCOC(c2cnn(C)c2)C1.I. The van der Waals surface area contributed by atoms with Crippen LogP contribution in [0.2, 0.25) is 0 Å². The van der Waals surface area contributed by atoms with Crippen molar-refractivity contribution in [2.24, 2.45) is 12.0 Å². The number of nitrogens with zero attached hydrogens (tertiary/aromatic N) is 4. The van der Waals surface area contributed by atoms with Crippen molar-refractivity contribution >= 4 is 41.7 Å². The Balaban J connectivity index is 0.00000243. The molecule has 0 saturated carbocycles. The maximum Gasteiger partial charge on any atom is 0.193 e. The highest BCUT2D eigenvalue weighted by molar-refractivity contribution is 14.0. The molecule has 0 amide bonds. The van der Waals surface area contributed by atoms with E-state index in [2.05, 4.69) is 26.6 Å². The molecule has 1 aromatic heterocycles. The fraction of sp³-hybridized carbons (Fsp3) is 0.765. The number of aryl methyl sites for hydroxylation is 1. The van der Waals surface area contributed by atoms with E-state index in [-0.39, 0.29) is 34.8 Å². The number of rotatable bonds is 4. The maximum absolute atomic E-state index is 5.94. The van der Waals surface area contributed by atoms with Crippen LogP contribution in [0.3, 0.4) is 0 Å². The van der Waals surface area contributed by atoms with Crippen molar-refractivity contribution in [2.45, 2.75) is 23.7 Å². The van der Waals surface area contributed by atoms with Crippen LogP contribution in [-0.2, 0) is 16.5 Å². The summed E-state index contributed by atoms with van der Waals surface area (Å²) in [4.78, 5) is 6.80. The molecule has 0 bridgehead atoms. The molecule has 7 nitrogen and oxygen atoms in total. The molecule has 26 heavy (non-hydrogen) atoms. The van der Waals surface area contributed by atoms with Gasteiger partial charge in [0.2, 0.25) is 0 Å². The summed E-state index contributed by atoms with van der Waals surface area (Å²) in [5.74, 6) is 0.956. The molecular formula is C17H30IN5O2S. The summed E-state index contributed by atoms with van der Waals surface area (Å²) in [6.45, 7) is 4.96. The van der Waals surface area contributed by atoms with Gasteiger partial charge in [0.1, 0.15) is 6.10 Å². The monoisotopic (exact) mass is 495 g/mol. The first-order chi connectivity index (χ1) is 12.2. The normalized spacial score (nSPS) is 23.4. The van der Waals surface area contributed by atoms with Crippen LogP contribution in [0.15, 0.2) is 17.4 Å². The van der Waals surface area contributed by atoms with Crippen LogP contribution in [0.25, 0.3) is 0 Å². The van der Waals surface area contributed by atoms with E-state index in [1.807, 2.05) is 42.9 Å². The number of hydrogen-bond donors (Lipinski definition) is 1. The molecule has 0 radical (unpaired) electrons. The Morgan fingerprint density at radius 1 is 1.42 bits per heavy atom. The number of thioether (sulfide) groups is 1. The van der Waals surface area contributed by atoms with Crippen molar-refractivity contribution in [3.8, 4) is 0 Å². The predicted octanol–water partition coefficient (Wildman–Crippen LogP) is 1.90. The molecule has 0 spiro atoms. The molecule has 0 aliphatic carbocycles. The van der Waals surface area contributed by atoms with Crippen LogP contribution < -0.4 is 5.32 Å². The minimum atomic E-state index is 0. The molecule has 2 aliphatic rings. The van der Waals surface area contributed by atoms with Gasteiger partial charge in [0.25, 0.3) is 0 Å². The molecule has 2 saturated heterocycles. The van der Waals surface area contributed by atoms with Crippen molar-refractivity contribution in [2.75, 3.05) is 52.8 Å². The van der Waals surface area contributed by atoms with E-state index in [1.165, 1.54) is 0 Å². The summed E-state index contributed by atoms with van der Waals surface area (Å²) < 4.78 is 13.5. The number of halogens is 1. The first-order valence-electron chi connectivity index (χ1n) is 8.84. The molecular weight excluding hydrogens is 465 g/mol. The van der Waals surface area contributed by atoms with E-state index in [0.29, 0.717) is 6.61 Å². The lowest BCUT2D eigenvalue weighted by atomic mass is 9.99. The summed E-state index contributed by atoms with van der Waals surface area (Å²) in [6.07, 6.45) is 8.31. The van der Waals surface area contributed by atoms with E-state index < -0.39 is 0 Å². The lowest BCUT2D eigenvalue weighted by molar-refractivity contribution is -0.00815. The topological polar surface area (TPSA) is 63.9 Å². The van der Waals surface area contributed by atoms with Gasteiger partial charge in [-0.15, -0.1) is 24.0 Å². The van der Waals surface area contributed by atoms with Gasteiger partial charge in [0.15, 0.2) is 5.96 Å². The molecule has 2 fully saturated rings. The molecule has 3 heterocycles. The highest BCUT2D eigenvalue weighted by atomic mass is 127. The molecule has 9 heteroatoms. The van der Waals surface area contributed by atoms with Gasteiger partial charge in [0, 0.05) is 56.9 Å². The second kappa shape index (κ2) is 10.1. The average molecular weight is 495 g/mol. The Hall–Kier alpha value is -0.520. The lowest BCUT2D eigenvalue weighted by Crippen LogP contribution is -2.52. The maximum atomic E-state index is 5.94. The number of aliphatic imine (C=N–C) groups is 1. The van der Waals surface area contributed by atoms with Gasteiger partial charge in [-0.25, -0.2) is 0 Å². The fourth-order valence-corrected chi connectivity index (χ4v) is 4.21. The van der Waals surface area contributed by atoms with Crippen LogP contribution in [0.4, 0.5) is 0 Å². The largest absolute Gasteiger partial charge is 0.381 e. The van der Waals surface area contributed by atoms with Gasteiger partial charge in [-0.1, -0.05) is 0 Å². The van der Waals surface area contributed by atoms with E-state index in [1.54, 1.807) is 0 Å². The zero-order valence-corrected chi connectivity index (χ0v) is 19.0. The Labute approximate surface area is 177 Å². The molecule has 1 atom stereocenters. The third-order valence-corrected chi connectivity index (χ3v) is 6.50. The average Bonchev–Trinajstić information content (AvgIpc) is 3.10. The van der Waals surface area contributed by atoms with E-state index in [0.717, 1.165) is 57.2 Å². The second-order valence-corrected chi connectivity index (χ2v) is 7.93. The summed E-state index contributed by atoms with van der Waals surface area (Å²) in [5.41, 5.74) is 1.12. The zero-order valence-electron chi connectivity index (χ0n) is 15.8. The van der Waals surface area contributed by atoms with Gasteiger partial charge >= 0.3 is 0 Å². The number of guanidine groups is 1. The quantitative estimate of drug-likeness (QED) is 0.391. The minimum absolute atomic E-state index is 0. The summed E-state index contributed by atoms with van der Waals surface area (Å²) in [5, 5.41) is 7.86. The summed E-state index contributed by atoms with van der Waals surface area (Å²) >= 11 is 1.94. The number of nitrogens with one attached hydrogen (secondary N) is 1. The molecule has 148 valence electrons. The van der Waals surface area contributed by atoms with Gasteiger partial charge < -0.3 is 19.7 Å². The molecule has 0 aromatic carbocycles. The van der Waals surface area contributed by atoms with Crippen LogP contribution in [0.1, 0.15) is 24.5 Å². The van der Waals surface area contributed by atoms with E-state index in [4.69, 9.17) is 9.47 Å². The highest BCUT2D eigenvalue weighted by Crippen LogP contribution is 2.33. The zero-order chi connectivity index (χ0) is 17.7. The van der Waals surface area contributed by atoms with Crippen molar-refractivity contribution in [3.05, 3.63) is 18.0 Å². The first-order valence-corrected chi connectivity index (χ1v) is 10.1. The number of aromatic nitrogens is 2. The van der Waals surface area contributed by atoms with Crippen molar-refractivity contribution < 1.29 is 9.47 Å². The van der Waals surface area contributed by atoms with Gasteiger partial charge in [-0.2, -0.15) is 16.9 Å². The van der Waals surface area contributed by atoms with Crippen LogP contribution in [0.5, 0.6) is 0 Å². The van der Waals surface area contributed by atoms with Gasteiger partial charge in [0.05, 0.1) is 19.3 Å². The van der Waals surface area contributed by atoms with Crippen molar-refractivity contribution in [1.29, 1.82) is 0 Å². The smallest absolute Gasteiger partial charge is 0.193 e. The van der Waals surface area contributed by atoms with Crippen molar-refractivity contribution in [3.63, 3.8) is 0 Å².